The van der Waals surface area contributed by atoms with E-state index in [2.05, 4.69) is 99.5 Å². The monoisotopic (exact) mass is 488 g/mol. The van der Waals surface area contributed by atoms with Gasteiger partial charge >= 0.3 is 0 Å². The predicted molar refractivity (Wildman–Crippen MR) is 130 cm³/mol. The molecule has 0 aromatic heterocycles. The zero-order chi connectivity index (χ0) is 19.8. The van der Waals surface area contributed by atoms with E-state index >= 15 is 0 Å². The molecule has 0 fully saturated rings. The van der Waals surface area contributed by atoms with Gasteiger partial charge in [0.05, 0.1) is 0 Å². The third-order valence-electron chi connectivity index (χ3n) is 5.36. The summed E-state index contributed by atoms with van der Waals surface area (Å²) in [5.74, 6) is 0. The van der Waals surface area contributed by atoms with Crippen LogP contribution in [0.15, 0.2) is 47.9 Å². The zero-order valence-electron chi connectivity index (χ0n) is 17.1. The largest absolute Gasteiger partial charge is 0.0981 e. The average Bonchev–Trinajstić information content (AvgIpc) is 2.90. The van der Waals surface area contributed by atoms with Gasteiger partial charge in [-0.2, -0.15) is 0 Å². The summed E-state index contributed by atoms with van der Waals surface area (Å²) >= 11 is 4.17. The standard InChI is InChI=1S/C25H29IS/c1-16(9-22-10-18(3)24(26)11-17(22)2)15-27-19(4)20-7-8-21-13-25(5,6)14-23(21)12-20/h7-8,10-12,15H,4,9,13-14H2,1-3,5-6H3/b16-15+. The van der Waals surface area contributed by atoms with Crippen LogP contribution in [0.3, 0.4) is 0 Å². The molecular weight excluding hydrogens is 459 g/mol. The van der Waals surface area contributed by atoms with Gasteiger partial charge in [-0.25, -0.2) is 0 Å². The van der Waals surface area contributed by atoms with Gasteiger partial charge in [0.2, 0.25) is 0 Å². The lowest BCUT2D eigenvalue weighted by atomic mass is 9.90. The Labute approximate surface area is 182 Å². The molecule has 0 bridgehead atoms. The summed E-state index contributed by atoms with van der Waals surface area (Å²) in [6, 6.07) is 11.5. The Kier molecular flexibility index (Phi) is 6.27. The van der Waals surface area contributed by atoms with Crippen molar-refractivity contribution in [2.75, 3.05) is 0 Å². The second-order valence-corrected chi connectivity index (χ2v) is 10.8. The molecule has 0 nitrogen and oxygen atoms in total. The highest BCUT2D eigenvalue weighted by Crippen LogP contribution is 2.38. The van der Waals surface area contributed by atoms with Crippen LogP contribution in [-0.4, -0.2) is 0 Å². The summed E-state index contributed by atoms with van der Waals surface area (Å²) in [5.41, 5.74) is 10.2. The summed E-state index contributed by atoms with van der Waals surface area (Å²) in [7, 11) is 0. The van der Waals surface area contributed by atoms with Crippen molar-refractivity contribution in [3.63, 3.8) is 0 Å². The van der Waals surface area contributed by atoms with Crippen LogP contribution in [-0.2, 0) is 19.3 Å². The van der Waals surface area contributed by atoms with Crippen molar-refractivity contribution in [1.82, 2.24) is 0 Å². The van der Waals surface area contributed by atoms with Gasteiger partial charge in [0, 0.05) is 8.48 Å². The second kappa shape index (κ2) is 8.16. The smallest absolute Gasteiger partial charge is 0.0162 e. The molecule has 1 aliphatic carbocycles. The van der Waals surface area contributed by atoms with Crippen molar-refractivity contribution < 1.29 is 0 Å². The highest BCUT2D eigenvalue weighted by atomic mass is 127. The molecule has 0 atom stereocenters. The van der Waals surface area contributed by atoms with Crippen molar-refractivity contribution in [3.05, 3.63) is 84.8 Å². The number of thioether (sulfide) groups is 1. The van der Waals surface area contributed by atoms with Crippen LogP contribution in [0.5, 0.6) is 0 Å². The van der Waals surface area contributed by atoms with Gasteiger partial charge in [0.15, 0.2) is 0 Å². The minimum absolute atomic E-state index is 0.398. The highest BCUT2D eigenvalue weighted by molar-refractivity contribution is 14.1. The van der Waals surface area contributed by atoms with Crippen LogP contribution in [0.25, 0.3) is 4.91 Å². The molecule has 0 saturated carbocycles. The summed E-state index contributed by atoms with van der Waals surface area (Å²) in [6.07, 6.45) is 3.37. The first kappa shape index (κ1) is 20.7. The normalized spacial score (nSPS) is 15.7. The SMILES string of the molecule is C=C(S/C=C(\C)Cc1cc(C)c(I)cc1C)c1ccc2c(c1)CC(C)(C)C2. The van der Waals surface area contributed by atoms with Crippen LogP contribution in [0.4, 0.5) is 0 Å². The van der Waals surface area contributed by atoms with Crippen LogP contribution in [0, 0.1) is 22.8 Å². The van der Waals surface area contributed by atoms with Gasteiger partial charge in [-0.3, -0.25) is 0 Å². The molecule has 2 aromatic rings. The third-order valence-corrected chi connectivity index (χ3v) is 7.56. The Morgan fingerprint density at radius 1 is 1.11 bits per heavy atom. The Morgan fingerprint density at radius 2 is 1.81 bits per heavy atom. The van der Waals surface area contributed by atoms with Gasteiger partial charge in [0.25, 0.3) is 0 Å². The molecule has 0 spiro atoms. The molecule has 0 N–H and O–H groups in total. The molecule has 0 amide bonds. The Bertz CT molecular complexity index is 918. The third kappa shape index (κ3) is 5.08. The lowest BCUT2D eigenvalue weighted by Gasteiger charge is -2.14. The van der Waals surface area contributed by atoms with Gasteiger partial charge in [-0.05, 0) is 113 Å². The molecule has 3 rings (SSSR count). The van der Waals surface area contributed by atoms with E-state index in [1.54, 1.807) is 11.8 Å². The molecule has 142 valence electrons. The van der Waals surface area contributed by atoms with Crippen LogP contribution in [0.1, 0.15) is 54.2 Å². The van der Waals surface area contributed by atoms with E-state index in [1.807, 2.05) is 0 Å². The van der Waals surface area contributed by atoms with E-state index in [9.17, 15) is 0 Å². The van der Waals surface area contributed by atoms with Crippen LogP contribution < -0.4 is 0 Å². The number of rotatable bonds is 5. The summed E-state index contributed by atoms with van der Waals surface area (Å²) in [6.45, 7) is 15.7. The average molecular weight is 488 g/mol. The van der Waals surface area contributed by atoms with E-state index in [0.717, 1.165) is 11.3 Å². The number of benzene rings is 2. The molecule has 2 heteroatoms. The van der Waals surface area contributed by atoms with E-state index < -0.39 is 0 Å². The van der Waals surface area contributed by atoms with E-state index in [0.29, 0.717) is 5.41 Å². The number of hydrogen-bond acceptors (Lipinski definition) is 1. The minimum Gasteiger partial charge on any atom is -0.0981 e. The first-order valence-electron chi connectivity index (χ1n) is 9.54. The van der Waals surface area contributed by atoms with Crippen molar-refractivity contribution in [3.8, 4) is 0 Å². The van der Waals surface area contributed by atoms with Crippen molar-refractivity contribution in [2.24, 2.45) is 5.41 Å². The van der Waals surface area contributed by atoms with Crippen molar-refractivity contribution in [2.45, 2.75) is 53.9 Å². The molecule has 0 saturated heterocycles. The van der Waals surface area contributed by atoms with E-state index in [1.165, 1.54) is 55.4 Å². The number of hydrogen-bond donors (Lipinski definition) is 0. The number of halogens is 1. The fourth-order valence-corrected chi connectivity index (χ4v) is 5.16. The van der Waals surface area contributed by atoms with Gasteiger partial charge in [0.1, 0.15) is 0 Å². The van der Waals surface area contributed by atoms with E-state index in [-0.39, 0.29) is 0 Å². The second-order valence-electron chi connectivity index (χ2n) is 8.71. The Balaban J connectivity index is 1.68. The lowest BCUT2D eigenvalue weighted by Crippen LogP contribution is -2.09. The maximum atomic E-state index is 4.33. The minimum atomic E-state index is 0.398. The first-order chi connectivity index (χ1) is 12.6. The molecule has 0 aliphatic heterocycles. The van der Waals surface area contributed by atoms with Crippen molar-refractivity contribution >= 4 is 39.3 Å². The summed E-state index contributed by atoms with van der Waals surface area (Å²) < 4.78 is 1.35. The number of allylic oxidation sites excluding steroid dienone is 1. The topological polar surface area (TPSA) is 0 Å². The van der Waals surface area contributed by atoms with Gasteiger partial charge in [-0.1, -0.05) is 62.0 Å². The molecule has 0 unspecified atom stereocenters. The summed E-state index contributed by atoms with van der Waals surface area (Å²) in [5, 5.41) is 2.27. The molecule has 27 heavy (non-hydrogen) atoms. The number of fused-ring (bicyclic) bond motifs is 1. The lowest BCUT2D eigenvalue weighted by molar-refractivity contribution is 0.392. The first-order valence-corrected chi connectivity index (χ1v) is 11.5. The molecule has 0 heterocycles. The predicted octanol–water partition coefficient (Wildman–Crippen LogP) is 7.88. The molecule has 2 aromatic carbocycles. The van der Waals surface area contributed by atoms with E-state index in [4.69, 9.17) is 0 Å². The Morgan fingerprint density at radius 3 is 2.56 bits per heavy atom. The summed E-state index contributed by atoms with van der Waals surface area (Å²) in [4.78, 5) is 1.14. The Hall–Kier alpha value is -1.00. The van der Waals surface area contributed by atoms with Crippen LogP contribution in [0.2, 0.25) is 0 Å². The fourth-order valence-electron chi connectivity index (χ4n) is 3.84. The number of aryl methyl sites for hydroxylation is 2. The van der Waals surface area contributed by atoms with Crippen molar-refractivity contribution in [1.29, 1.82) is 0 Å². The molecule has 1 aliphatic rings. The molecule has 0 radical (unpaired) electrons. The molecular formula is C25H29IS. The highest BCUT2D eigenvalue weighted by Gasteiger charge is 2.28. The zero-order valence-corrected chi connectivity index (χ0v) is 20.1. The van der Waals surface area contributed by atoms with Gasteiger partial charge < -0.3 is 0 Å². The van der Waals surface area contributed by atoms with Gasteiger partial charge in [-0.15, -0.1) is 0 Å². The maximum Gasteiger partial charge on any atom is 0.0162 e. The maximum absolute atomic E-state index is 4.33. The fraction of sp³-hybridized carbons (Fsp3) is 0.360. The van der Waals surface area contributed by atoms with Crippen LogP contribution >= 0.6 is 34.4 Å². The quantitative estimate of drug-likeness (QED) is 0.386.